The van der Waals surface area contributed by atoms with Crippen molar-refractivity contribution in [2.45, 2.75) is 24.2 Å². The second-order valence-corrected chi connectivity index (χ2v) is 17.6. The van der Waals surface area contributed by atoms with Gasteiger partial charge in [0.1, 0.15) is 0 Å². The third-order valence-electron chi connectivity index (χ3n) is 17.9. The molecule has 0 aromatic heterocycles. The minimum atomic E-state index is -1.82. The van der Waals surface area contributed by atoms with Crippen molar-refractivity contribution >= 4 is 0 Å². The second-order valence-electron chi connectivity index (χ2n) is 17.6. The van der Waals surface area contributed by atoms with E-state index in [9.17, 15) is 0 Å². The Morgan fingerprint density at radius 3 is 1.02 bits per heavy atom. The van der Waals surface area contributed by atoms with Crippen LogP contribution in [0.3, 0.4) is 0 Å². The van der Waals surface area contributed by atoms with Crippen molar-refractivity contribution in [2.75, 3.05) is 0 Å². The van der Waals surface area contributed by atoms with Crippen molar-refractivity contribution in [2.24, 2.45) is 107 Å². The number of fused-ring (bicyclic) bond motifs is 5. The van der Waals surface area contributed by atoms with E-state index in [1.165, 1.54) is 22.3 Å². The highest BCUT2D eigenvalue weighted by molar-refractivity contribution is 5.92. The lowest BCUT2D eigenvalue weighted by molar-refractivity contribution is -0.0888. The molecule has 0 aliphatic heterocycles. The third-order valence-corrected chi connectivity index (χ3v) is 17.9. The van der Waals surface area contributed by atoms with Crippen LogP contribution in [-0.2, 0) is 0 Å². The molecule has 0 aromatic rings. The Labute approximate surface area is 243 Å². The molecule has 16 aliphatic rings. The summed E-state index contributed by atoms with van der Waals surface area (Å²) >= 11 is 0. The summed E-state index contributed by atoms with van der Waals surface area (Å²) in [4.78, 5) is 0. The van der Waals surface area contributed by atoms with Crippen LogP contribution < -0.4 is 0 Å². The first kappa shape index (κ1) is 19.7. The van der Waals surface area contributed by atoms with Gasteiger partial charge in [-0.15, -0.1) is 0 Å². The van der Waals surface area contributed by atoms with Crippen LogP contribution in [0.5, 0.6) is 0 Å². The molecule has 2 heteroatoms. The fraction of sp³-hybridized carbons (Fsp3) is 0.550. The zero-order chi connectivity index (χ0) is 26.2. The molecule has 0 amide bonds. The third kappa shape index (κ3) is 1.31. The Kier molecular flexibility index (Phi) is 2.38. The van der Waals surface area contributed by atoms with Crippen molar-refractivity contribution in [1.82, 2.24) is 0 Å². The van der Waals surface area contributed by atoms with Gasteiger partial charge in [0, 0.05) is 11.8 Å². The first-order valence-electron chi connectivity index (χ1n) is 17.5. The van der Waals surface area contributed by atoms with Crippen LogP contribution >= 0.6 is 0 Å². The summed E-state index contributed by atoms with van der Waals surface area (Å²) in [5.74, 6) is 6.73. The zero-order valence-electron chi connectivity index (χ0n) is 23.2. The molecule has 0 heterocycles. The second kappa shape index (κ2) is 5.06. The quantitative estimate of drug-likeness (QED) is 0.281. The average molecular weight is 549 g/mol. The maximum absolute atomic E-state index is 19.0. The van der Waals surface area contributed by atoms with Crippen LogP contribution in [0.25, 0.3) is 0 Å². The molecule has 0 saturated heterocycles. The van der Waals surface area contributed by atoms with E-state index in [0.717, 1.165) is 24.0 Å². The number of allylic oxidation sites excluding steroid dienone is 18. The monoisotopic (exact) mass is 548 g/mol. The molecule has 20 unspecified atom stereocenters. The Balaban J connectivity index is 1.20. The van der Waals surface area contributed by atoms with E-state index < -0.39 is 11.3 Å². The molecule has 204 valence electrons. The lowest BCUT2D eigenvalue weighted by atomic mass is 9.55. The maximum atomic E-state index is 19.0. The van der Waals surface area contributed by atoms with Gasteiger partial charge in [-0.3, -0.25) is 0 Å². The van der Waals surface area contributed by atoms with Crippen molar-refractivity contribution in [3.63, 3.8) is 0 Å². The van der Waals surface area contributed by atoms with Crippen LogP contribution in [0.1, 0.15) is 12.8 Å². The van der Waals surface area contributed by atoms with E-state index in [0.29, 0.717) is 71.0 Å². The van der Waals surface area contributed by atoms with E-state index in [2.05, 4.69) is 48.6 Å². The first-order valence-corrected chi connectivity index (χ1v) is 17.5. The minimum Gasteiger partial charge on any atom is -0.235 e. The van der Waals surface area contributed by atoms with Crippen LogP contribution in [0.4, 0.5) is 8.78 Å². The summed E-state index contributed by atoms with van der Waals surface area (Å²) in [5.41, 5.74) is 11.0. The summed E-state index contributed by atoms with van der Waals surface area (Å²) in [5, 5.41) is 0. The molecular formula is C40H30F2. The largest absolute Gasteiger partial charge is 0.235 e. The molecule has 0 N–H and O–H groups in total. The van der Waals surface area contributed by atoms with Gasteiger partial charge in [-0.1, -0.05) is 65.3 Å². The average Bonchev–Trinajstić information content (AvgIpc) is 3.79. The normalized spacial score (nSPS) is 68.3. The van der Waals surface area contributed by atoms with E-state index in [1.807, 2.05) is 0 Å². The number of rotatable bonds is 0. The Bertz CT molecular complexity index is 1860. The SMILES string of the molecule is FC12C3=C4C5=C6C7C8C=CC9C%10C=CC%11C%12C=CC%13C%14C(=C4C4=C(C%11C%10C(=C54)C97)C%12%14)C1(F)C%13CCC2C1C=CC8C6C31. The summed E-state index contributed by atoms with van der Waals surface area (Å²) < 4.78 is 38.1. The van der Waals surface area contributed by atoms with E-state index in [-0.39, 0.29) is 35.5 Å². The first-order chi connectivity index (χ1) is 20.7. The van der Waals surface area contributed by atoms with Crippen LogP contribution in [0, 0.1) is 107 Å². The molecule has 42 heavy (non-hydrogen) atoms. The smallest absolute Gasteiger partial charge is 0.174 e. The van der Waals surface area contributed by atoms with Gasteiger partial charge in [-0.2, -0.15) is 0 Å². The molecule has 7 saturated carbocycles. The van der Waals surface area contributed by atoms with Gasteiger partial charge < -0.3 is 0 Å². The van der Waals surface area contributed by atoms with Gasteiger partial charge in [0.05, 0.1) is 0 Å². The van der Waals surface area contributed by atoms with Gasteiger partial charge in [0.2, 0.25) is 0 Å². The highest BCUT2D eigenvalue weighted by atomic mass is 19.2. The Hall–Kier alpha value is -2.48. The standard InChI is InChI=1S/C40H30F2/c41-39-19-9-10-20-18-8-6-16-14-4-2-12-11-1-3-13-15-5-7-17(19)27-25(15)30-23(13)21(11)29-22(12)24(14)31-26(16)28(18)38(40(20,39)42)36-34(31)32(29)33(30)35(36)37(27)39/h1-8,11-28H,9-10H2. The van der Waals surface area contributed by atoms with Gasteiger partial charge in [-0.05, 0) is 147 Å². The van der Waals surface area contributed by atoms with Crippen molar-refractivity contribution in [1.29, 1.82) is 0 Å². The van der Waals surface area contributed by atoms with Crippen LogP contribution in [0.15, 0.2) is 104 Å². The Morgan fingerprint density at radius 2 is 0.667 bits per heavy atom. The van der Waals surface area contributed by atoms with Crippen LogP contribution in [0.2, 0.25) is 0 Å². The Morgan fingerprint density at radius 1 is 0.381 bits per heavy atom. The highest BCUT2D eigenvalue weighted by Gasteiger charge is 2.85. The van der Waals surface area contributed by atoms with Gasteiger partial charge >= 0.3 is 0 Å². The summed E-state index contributed by atoms with van der Waals surface area (Å²) in [7, 11) is 0. The lowest BCUT2D eigenvalue weighted by Gasteiger charge is -2.52. The topological polar surface area (TPSA) is 0 Å². The van der Waals surface area contributed by atoms with Gasteiger partial charge in [0.25, 0.3) is 0 Å². The summed E-state index contributed by atoms with van der Waals surface area (Å²) in [6.07, 6.45) is 22.4. The molecule has 16 rings (SSSR count). The predicted octanol–water partition coefficient (Wildman–Crippen LogP) is 7.20. The van der Waals surface area contributed by atoms with Crippen molar-refractivity contribution in [3.8, 4) is 0 Å². The van der Waals surface area contributed by atoms with Crippen molar-refractivity contribution < 1.29 is 8.78 Å². The fourth-order valence-electron chi connectivity index (χ4n) is 17.9. The van der Waals surface area contributed by atoms with E-state index >= 15 is 8.78 Å². The van der Waals surface area contributed by atoms with Gasteiger partial charge in [0.15, 0.2) is 11.3 Å². The highest BCUT2D eigenvalue weighted by Crippen LogP contribution is 2.87. The maximum Gasteiger partial charge on any atom is 0.174 e. The summed E-state index contributed by atoms with van der Waals surface area (Å²) in [6.45, 7) is 0. The van der Waals surface area contributed by atoms with Gasteiger partial charge in [-0.25, -0.2) is 8.78 Å². The number of halogens is 2. The molecule has 0 spiro atoms. The number of hydrogen-bond acceptors (Lipinski definition) is 0. The number of alkyl halides is 2. The molecule has 7 fully saturated rings. The predicted molar refractivity (Wildman–Crippen MR) is 151 cm³/mol. The molecule has 0 radical (unpaired) electrons. The fourth-order valence-corrected chi connectivity index (χ4v) is 17.9. The molecule has 0 nitrogen and oxygen atoms in total. The van der Waals surface area contributed by atoms with Crippen LogP contribution in [-0.4, -0.2) is 11.3 Å². The molecular weight excluding hydrogens is 518 g/mol. The molecule has 0 aromatic carbocycles. The lowest BCUT2D eigenvalue weighted by Crippen LogP contribution is -2.60. The van der Waals surface area contributed by atoms with E-state index in [1.54, 1.807) is 22.3 Å². The number of hydrogen-bond donors (Lipinski definition) is 0. The molecule has 20 atom stereocenters. The molecule has 16 aliphatic carbocycles. The molecule has 0 bridgehead atoms. The van der Waals surface area contributed by atoms with E-state index in [4.69, 9.17) is 0 Å². The minimum absolute atomic E-state index is 0.173. The zero-order valence-corrected chi connectivity index (χ0v) is 23.2. The summed E-state index contributed by atoms with van der Waals surface area (Å²) in [6, 6.07) is 0. The van der Waals surface area contributed by atoms with Crippen molar-refractivity contribution in [3.05, 3.63) is 104 Å².